The molecule has 1 aromatic heterocycles. The molecule has 1 nitrogen and oxygen atoms in total. The van der Waals surface area contributed by atoms with E-state index in [1.807, 2.05) is 18.5 Å². The molecule has 0 spiro atoms. The second-order valence-corrected chi connectivity index (χ2v) is 5.02. The number of aromatic nitrogens is 1. The first-order chi connectivity index (χ1) is 9.90. The van der Waals surface area contributed by atoms with Crippen LogP contribution in [0.25, 0.3) is 0 Å². The molecule has 1 heterocycles. The maximum absolute atomic E-state index is 4.17. The van der Waals surface area contributed by atoms with Crippen LogP contribution in [0.15, 0.2) is 79.1 Å². The molecule has 20 heavy (non-hydrogen) atoms. The summed E-state index contributed by atoms with van der Waals surface area (Å²) in [6.45, 7) is 0. The first-order valence-corrected chi connectivity index (χ1v) is 6.91. The van der Waals surface area contributed by atoms with E-state index in [0.29, 0.717) is 0 Å². The molecule has 0 radical (unpaired) electrons. The quantitative estimate of drug-likeness (QED) is 0.682. The maximum Gasteiger partial charge on any atom is 0.0303 e. The second-order valence-electron chi connectivity index (χ2n) is 5.02. The Balaban J connectivity index is 1.76. The van der Waals surface area contributed by atoms with Crippen molar-refractivity contribution in [3.8, 4) is 0 Å². The summed E-state index contributed by atoms with van der Waals surface area (Å²) in [5.74, 6) is 0. The topological polar surface area (TPSA) is 12.9 Å². The zero-order chi connectivity index (χ0) is 13.6. The summed E-state index contributed by atoms with van der Waals surface area (Å²) in [4.78, 5) is 4.17. The summed E-state index contributed by atoms with van der Waals surface area (Å²) in [6.07, 6.45) is 5.68. The molecule has 0 N–H and O–H groups in total. The van der Waals surface area contributed by atoms with E-state index in [0.717, 1.165) is 12.8 Å². The van der Waals surface area contributed by atoms with Crippen molar-refractivity contribution in [3.63, 3.8) is 0 Å². The minimum absolute atomic E-state index is 0.941. The minimum atomic E-state index is 0.941. The Labute approximate surface area is 119 Å². The van der Waals surface area contributed by atoms with Crippen molar-refractivity contribution < 1.29 is 0 Å². The zero-order valence-electron chi connectivity index (χ0n) is 11.4. The summed E-state index contributed by atoms with van der Waals surface area (Å²) in [5.41, 5.74) is 5.31. The molecule has 0 saturated carbocycles. The smallest absolute Gasteiger partial charge is 0.0303 e. The summed E-state index contributed by atoms with van der Waals surface area (Å²) in [5, 5.41) is 0. The fourth-order valence-corrected chi connectivity index (χ4v) is 2.42. The van der Waals surface area contributed by atoms with Gasteiger partial charge in [-0.05, 0) is 41.2 Å². The molecule has 3 rings (SSSR count). The standard InChI is InChI=1S/C19H17N/c1-2-6-16(7-3-1)12-17-8-4-9-18(13-17)14-19-10-5-11-20-15-19/h1-11,13,15H,12,14H2. The third-order valence-corrected chi connectivity index (χ3v) is 3.37. The molecule has 0 bridgehead atoms. The van der Waals surface area contributed by atoms with Gasteiger partial charge in [0, 0.05) is 12.4 Å². The highest BCUT2D eigenvalue weighted by Crippen LogP contribution is 2.14. The van der Waals surface area contributed by atoms with Gasteiger partial charge >= 0.3 is 0 Å². The number of nitrogens with zero attached hydrogens (tertiary/aromatic N) is 1. The Morgan fingerprint density at radius 2 is 1.25 bits per heavy atom. The van der Waals surface area contributed by atoms with Gasteiger partial charge in [0.1, 0.15) is 0 Å². The van der Waals surface area contributed by atoms with Gasteiger partial charge in [0.15, 0.2) is 0 Å². The van der Waals surface area contributed by atoms with E-state index >= 15 is 0 Å². The van der Waals surface area contributed by atoms with Crippen LogP contribution in [0.3, 0.4) is 0 Å². The Bertz CT molecular complexity index is 603. The Morgan fingerprint density at radius 1 is 0.600 bits per heavy atom. The zero-order valence-corrected chi connectivity index (χ0v) is 11.4. The van der Waals surface area contributed by atoms with Crippen LogP contribution in [0.4, 0.5) is 0 Å². The van der Waals surface area contributed by atoms with Crippen molar-refractivity contribution >= 4 is 0 Å². The molecular weight excluding hydrogens is 242 g/mol. The van der Waals surface area contributed by atoms with E-state index in [4.69, 9.17) is 0 Å². The molecule has 0 amide bonds. The van der Waals surface area contributed by atoms with Crippen molar-refractivity contribution in [3.05, 3.63) is 101 Å². The van der Waals surface area contributed by atoms with Gasteiger partial charge in [0.2, 0.25) is 0 Å². The molecule has 0 aliphatic carbocycles. The first kappa shape index (κ1) is 12.6. The van der Waals surface area contributed by atoms with E-state index in [1.165, 1.54) is 22.3 Å². The summed E-state index contributed by atoms with van der Waals surface area (Å²) < 4.78 is 0. The van der Waals surface area contributed by atoms with Gasteiger partial charge < -0.3 is 0 Å². The number of pyridine rings is 1. The van der Waals surface area contributed by atoms with Gasteiger partial charge in [-0.25, -0.2) is 0 Å². The summed E-state index contributed by atoms with van der Waals surface area (Å²) in [7, 11) is 0. The average molecular weight is 259 g/mol. The molecule has 1 heteroatoms. The van der Waals surface area contributed by atoms with E-state index in [9.17, 15) is 0 Å². The van der Waals surface area contributed by atoms with Crippen LogP contribution in [-0.4, -0.2) is 4.98 Å². The summed E-state index contributed by atoms with van der Waals surface area (Å²) in [6, 6.07) is 23.5. The van der Waals surface area contributed by atoms with E-state index < -0.39 is 0 Å². The molecule has 0 aliphatic rings. The van der Waals surface area contributed by atoms with Crippen molar-refractivity contribution in [2.24, 2.45) is 0 Å². The van der Waals surface area contributed by atoms with Gasteiger partial charge in [-0.1, -0.05) is 60.7 Å². The van der Waals surface area contributed by atoms with Gasteiger partial charge in [-0.15, -0.1) is 0 Å². The van der Waals surface area contributed by atoms with E-state index in [1.54, 1.807) is 0 Å². The maximum atomic E-state index is 4.17. The van der Waals surface area contributed by atoms with Gasteiger partial charge in [-0.2, -0.15) is 0 Å². The second kappa shape index (κ2) is 6.16. The number of hydrogen-bond donors (Lipinski definition) is 0. The predicted molar refractivity (Wildman–Crippen MR) is 82.7 cm³/mol. The lowest BCUT2D eigenvalue weighted by molar-refractivity contribution is 1.12. The molecule has 3 aromatic rings. The van der Waals surface area contributed by atoms with Gasteiger partial charge in [0.05, 0.1) is 0 Å². The average Bonchev–Trinajstić information content (AvgIpc) is 2.50. The molecule has 2 aromatic carbocycles. The first-order valence-electron chi connectivity index (χ1n) is 6.91. The lowest BCUT2D eigenvalue weighted by Gasteiger charge is -2.06. The van der Waals surface area contributed by atoms with Crippen LogP contribution >= 0.6 is 0 Å². The lowest BCUT2D eigenvalue weighted by Crippen LogP contribution is -1.92. The fraction of sp³-hybridized carbons (Fsp3) is 0.105. The van der Waals surface area contributed by atoms with Crippen molar-refractivity contribution in [2.75, 3.05) is 0 Å². The largest absolute Gasteiger partial charge is 0.264 e. The Morgan fingerprint density at radius 3 is 1.95 bits per heavy atom. The number of rotatable bonds is 4. The van der Waals surface area contributed by atoms with Crippen molar-refractivity contribution in [1.82, 2.24) is 4.98 Å². The van der Waals surface area contributed by atoms with Gasteiger partial charge in [-0.3, -0.25) is 4.98 Å². The Hall–Kier alpha value is -2.41. The van der Waals surface area contributed by atoms with Crippen LogP contribution in [0.5, 0.6) is 0 Å². The third kappa shape index (κ3) is 3.33. The number of benzene rings is 2. The molecule has 0 atom stereocenters. The third-order valence-electron chi connectivity index (χ3n) is 3.37. The predicted octanol–water partition coefficient (Wildman–Crippen LogP) is 4.26. The lowest BCUT2D eigenvalue weighted by atomic mass is 10.00. The van der Waals surface area contributed by atoms with E-state index in [2.05, 4.69) is 65.6 Å². The highest BCUT2D eigenvalue weighted by atomic mass is 14.6. The fourth-order valence-electron chi connectivity index (χ4n) is 2.42. The monoisotopic (exact) mass is 259 g/mol. The molecule has 0 aliphatic heterocycles. The van der Waals surface area contributed by atoms with Gasteiger partial charge in [0.25, 0.3) is 0 Å². The van der Waals surface area contributed by atoms with Crippen LogP contribution in [0, 0.1) is 0 Å². The van der Waals surface area contributed by atoms with Crippen LogP contribution in [0.2, 0.25) is 0 Å². The normalized spacial score (nSPS) is 10.4. The molecule has 0 fully saturated rings. The summed E-state index contributed by atoms with van der Waals surface area (Å²) >= 11 is 0. The molecular formula is C19H17N. The highest BCUT2D eigenvalue weighted by molar-refractivity contribution is 5.32. The van der Waals surface area contributed by atoms with Crippen molar-refractivity contribution in [1.29, 1.82) is 0 Å². The van der Waals surface area contributed by atoms with E-state index in [-0.39, 0.29) is 0 Å². The number of hydrogen-bond acceptors (Lipinski definition) is 1. The Kier molecular flexibility index (Phi) is 3.88. The molecule has 98 valence electrons. The van der Waals surface area contributed by atoms with Crippen molar-refractivity contribution in [2.45, 2.75) is 12.8 Å². The van der Waals surface area contributed by atoms with Crippen LogP contribution < -0.4 is 0 Å². The highest BCUT2D eigenvalue weighted by Gasteiger charge is 2.00. The molecule has 0 unspecified atom stereocenters. The van der Waals surface area contributed by atoms with Crippen LogP contribution in [-0.2, 0) is 12.8 Å². The minimum Gasteiger partial charge on any atom is -0.264 e. The molecule has 0 saturated heterocycles. The van der Waals surface area contributed by atoms with Crippen LogP contribution in [0.1, 0.15) is 22.3 Å². The SMILES string of the molecule is c1ccc(Cc2cccc(Cc3cccnc3)c2)cc1.